The number of methoxy groups -OCH3 is 1. The molecule has 1 aromatic heterocycles. The minimum absolute atomic E-state index is 0.0629. The Morgan fingerprint density at radius 1 is 1.38 bits per heavy atom. The fourth-order valence-electron chi connectivity index (χ4n) is 2.17. The molecule has 1 aromatic carbocycles. The molecule has 0 saturated carbocycles. The van der Waals surface area contributed by atoms with Gasteiger partial charge in [0.25, 0.3) is 0 Å². The molecule has 0 saturated heterocycles. The van der Waals surface area contributed by atoms with Crippen molar-refractivity contribution in [3.8, 4) is 5.75 Å². The molecule has 0 unspecified atom stereocenters. The van der Waals surface area contributed by atoms with Crippen molar-refractivity contribution in [2.24, 2.45) is 0 Å². The van der Waals surface area contributed by atoms with Crippen molar-refractivity contribution in [3.63, 3.8) is 0 Å². The molecule has 0 aliphatic rings. The fourth-order valence-corrected chi connectivity index (χ4v) is 2.35. The Morgan fingerprint density at radius 2 is 2.10 bits per heavy atom. The van der Waals surface area contributed by atoms with E-state index in [-0.39, 0.29) is 17.2 Å². The number of carbonyl (C=O) groups is 1. The van der Waals surface area contributed by atoms with E-state index >= 15 is 0 Å². The topological polar surface area (TPSA) is 39.2 Å². The largest absolute Gasteiger partial charge is 0.496 e. The number of aromatic nitrogens is 1. The van der Waals surface area contributed by atoms with Crippen LogP contribution < -0.4 is 4.74 Å². The number of benzene rings is 1. The second kappa shape index (κ2) is 6.22. The summed E-state index contributed by atoms with van der Waals surface area (Å²) in [5.74, 6) is 0.0165. The van der Waals surface area contributed by atoms with Crippen molar-refractivity contribution in [3.05, 3.63) is 57.6 Å². The van der Waals surface area contributed by atoms with E-state index < -0.39 is 5.82 Å². The van der Waals surface area contributed by atoms with E-state index in [0.29, 0.717) is 11.3 Å². The van der Waals surface area contributed by atoms with Crippen LogP contribution in [0, 0.1) is 19.7 Å². The van der Waals surface area contributed by atoms with Gasteiger partial charge in [-0.1, -0.05) is 11.6 Å². The molecule has 21 heavy (non-hydrogen) atoms. The molecule has 0 amide bonds. The van der Waals surface area contributed by atoms with Gasteiger partial charge in [-0.3, -0.25) is 9.78 Å². The van der Waals surface area contributed by atoms with Gasteiger partial charge in [0, 0.05) is 22.9 Å². The van der Waals surface area contributed by atoms with Crippen LogP contribution in [0.2, 0.25) is 5.02 Å². The molecule has 0 aliphatic heterocycles. The average Bonchev–Trinajstić information content (AvgIpc) is 2.45. The van der Waals surface area contributed by atoms with E-state index in [1.54, 1.807) is 13.3 Å². The van der Waals surface area contributed by atoms with Crippen molar-refractivity contribution in [1.29, 1.82) is 0 Å². The Morgan fingerprint density at radius 3 is 2.71 bits per heavy atom. The zero-order valence-corrected chi connectivity index (χ0v) is 12.8. The number of pyridine rings is 1. The SMILES string of the molecule is COc1c(C)cnc(CC(=O)c2ccc(F)c(Cl)c2)c1C. The quantitative estimate of drug-likeness (QED) is 0.804. The van der Waals surface area contributed by atoms with Crippen LogP contribution in [0.5, 0.6) is 5.75 Å². The normalized spacial score (nSPS) is 10.5. The maximum atomic E-state index is 13.1. The van der Waals surface area contributed by atoms with Crippen molar-refractivity contribution >= 4 is 17.4 Å². The van der Waals surface area contributed by atoms with Gasteiger partial charge in [0.15, 0.2) is 5.78 Å². The molecule has 1 heterocycles. The molecular formula is C16H15ClFNO2. The van der Waals surface area contributed by atoms with E-state index in [1.807, 2.05) is 13.8 Å². The molecule has 3 nitrogen and oxygen atoms in total. The van der Waals surface area contributed by atoms with E-state index in [0.717, 1.165) is 16.9 Å². The summed E-state index contributed by atoms with van der Waals surface area (Å²) in [4.78, 5) is 16.5. The molecule has 110 valence electrons. The van der Waals surface area contributed by atoms with Crippen LogP contribution in [0.15, 0.2) is 24.4 Å². The van der Waals surface area contributed by atoms with Crippen LogP contribution in [0.1, 0.15) is 27.2 Å². The zero-order valence-electron chi connectivity index (χ0n) is 12.0. The monoisotopic (exact) mass is 307 g/mol. The van der Waals surface area contributed by atoms with Crippen LogP contribution >= 0.6 is 11.6 Å². The van der Waals surface area contributed by atoms with Crippen LogP contribution in [0.4, 0.5) is 4.39 Å². The lowest BCUT2D eigenvalue weighted by molar-refractivity contribution is 0.0991. The Bertz CT molecular complexity index is 701. The predicted molar refractivity (Wildman–Crippen MR) is 79.7 cm³/mol. The standard InChI is InChI=1S/C16H15ClFNO2/c1-9-8-19-14(10(2)16(9)21-3)7-15(20)11-4-5-13(18)12(17)6-11/h4-6,8H,7H2,1-3H3. The zero-order chi connectivity index (χ0) is 15.6. The highest BCUT2D eigenvalue weighted by Crippen LogP contribution is 2.25. The Labute approximate surface area is 127 Å². The molecule has 0 aliphatic carbocycles. The molecular weight excluding hydrogens is 293 g/mol. The van der Waals surface area contributed by atoms with Gasteiger partial charge in [-0.05, 0) is 32.0 Å². The van der Waals surface area contributed by atoms with Crippen molar-refractivity contribution < 1.29 is 13.9 Å². The summed E-state index contributed by atoms with van der Waals surface area (Å²) >= 11 is 5.70. The molecule has 0 fully saturated rings. The summed E-state index contributed by atoms with van der Waals surface area (Å²) in [6.45, 7) is 3.75. The molecule has 2 rings (SSSR count). The van der Waals surface area contributed by atoms with Crippen LogP contribution in [0.25, 0.3) is 0 Å². The Kier molecular flexibility index (Phi) is 4.58. The van der Waals surface area contributed by atoms with E-state index in [4.69, 9.17) is 16.3 Å². The maximum absolute atomic E-state index is 13.1. The van der Waals surface area contributed by atoms with Crippen molar-refractivity contribution in [1.82, 2.24) is 4.98 Å². The number of hydrogen-bond acceptors (Lipinski definition) is 3. The lowest BCUT2D eigenvalue weighted by atomic mass is 10.0. The van der Waals surface area contributed by atoms with Crippen molar-refractivity contribution in [2.45, 2.75) is 20.3 Å². The van der Waals surface area contributed by atoms with Crippen LogP contribution in [-0.2, 0) is 6.42 Å². The molecule has 5 heteroatoms. The lowest BCUT2D eigenvalue weighted by Crippen LogP contribution is -2.08. The number of ether oxygens (including phenoxy) is 1. The third-order valence-electron chi connectivity index (χ3n) is 3.32. The third kappa shape index (κ3) is 3.22. The van der Waals surface area contributed by atoms with Gasteiger partial charge in [0.2, 0.25) is 0 Å². The number of Topliss-reactive ketones (excluding diaryl/α,β-unsaturated/α-hetero) is 1. The first kappa shape index (κ1) is 15.4. The first-order chi connectivity index (χ1) is 9.93. The van der Waals surface area contributed by atoms with Crippen LogP contribution in [0.3, 0.4) is 0 Å². The summed E-state index contributed by atoms with van der Waals surface area (Å²) in [5, 5.41) is -0.0629. The number of hydrogen-bond donors (Lipinski definition) is 0. The second-order valence-electron chi connectivity index (χ2n) is 4.77. The first-order valence-electron chi connectivity index (χ1n) is 6.41. The van der Waals surface area contributed by atoms with Gasteiger partial charge in [0.1, 0.15) is 11.6 Å². The Balaban J connectivity index is 2.29. The summed E-state index contributed by atoms with van der Waals surface area (Å²) in [5.41, 5.74) is 2.75. The molecule has 0 N–H and O–H groups in total. The summed E-state index contributed by atoms with van der Waals surface area (Å²) in [6, 6.07) is 3.94. The van der Waals surface area contributed by atoms with Gasteiger partial charge >= 0.3 is 0 Å². The fraction of sp³-hybridized carbons (Fsp3) is 0.250. The highest BCUT2D eigenvalue weighted by Gasteiger charge is 2.15. The summed E-state index contributed by atoms with van der Waals surface area (Å²) in [6.07, 6.45) is 1.79. The third-order valence-corrected chi connectivity index (χ3v) is 3.61. The molecule has 2 aromatic rings. The number of aryl methyl sites for hydroxylation is 1. The molecule has 0 radical (unpaired) electrons. The number of rotatable bonds is 4. The summed E-state index contributed by atoms with van der Waals surface area (Å²) in [7, 11) is 1.58. The number of halogens is 2. The number of carbonyl (C=O) groups excluding carboxylic acids is 1. The predicted octanol–water partition coefficient (Wildman–Crippen LogP) is 3.92. The highest BCUT2D eigenvalue weighted by molar-refractivity contribution is 6.31. The second-order valence-corrected chi connectivity index (χ2v) is 5.18. The van der Waals surface area contributed by atoms with E-state index in [1.165, 1.54) is 18.2 Å². The summed E-state index contributed by atoms with van der Waals surface area (Å²) < 4.78 is 18.4. The van der Waals surface area contributed by atoms with E-state index in [2.05, 4.69) is 4.98 Å². The molecule has 0 bridgehead atoms. The van der Waals surface area contributed by atoms with Crippen molar-refractivity contribution in [2.75, 3.05) is 7.11 Å². The minimum Gasteiger partial charge on any atom is -0.496 e. The van der Waals surface area contributed by atoms with Gasteiger partial charge in [-0.15, -0.1) is 0 Å². The number of nitrogens with zero attached hydrogens (tertiary/aromatic N) is 1. The smallest absolute Gasteiger partial charge is 0.168 e. The maximum Gasteiger partial charge on any atom is 0.168 e. The van der Waals surface area contributed by atoms with Gasteiger partial charge in [-0.2, -0.15) is 0 Å². The minimum atomic E-state index is -0.542. The highest BCUT2D eigenvalue weighted by atomic mass is 35.5. The lowest BCUT2D eigenvalue weighted by Gasteiger charge is -2.12. The van der Waals surface area contributed by atoms with Gasteiger partial charge < -0.3 is 4.74 Å². The molecule has 0 atom stereocenters. The molecule has 0 spiro atoms. The van der Waals surface area contributed by atoms with E-state index in [9.17, 15) is 9.18 Å². The Hall–Kier alpha value is -1.94. The van der Waals surface area contributed by atoms with Gasteiger partial charge in [0.05, 0.1) is 24.2 Å². The number of ketones is 1. The average molecular weight is 308 g/mol. The van der Waals surface area contributed by atoms with Gasteiger partial charge in [-0.25, -0.2) is 4.39 Å². The first-order valence-corrected chi connectivity index (χ1v) is 6.79. The van der Waals surface area contributed by atoms with Crippen LogP contribution in [-0.4, -0.2) is 17.9 Å².